The van der Waals surface area contributed by atoms with E-state index in [4.69, 9.17) is 0 Å². The van der Waals surface area contributed by atoms with Gasteiger partial charge in [-0.15, -0.1) is 0 Å². The first-order chi connectivity index (χ1) is 8.89. The Hall–Kier alpha value is -1.11. The summed E-state index contributed by atoms with van der Waals surface area (Å²) in [4.78, 5) is 25.0. The van der Waals surface area contributed by atoms with Crippen molar-refractivity contribution in [2.75, 3.05) is 24.6 Å². The summed E-state index contributed by atoms with van der Waals surface area (Å²) in [5, 5.41) is 2.65. The Bertz CT molecular complexity index is 433. The van der Waals surface area contributed by atoms with Crippen molar-refractivity contribution in [3.63, 3.8) is 0 Å². The van der Waals surface area contributed by atoms with Crippen LogP contribution < -0.4 is 5.32 Å². The van der Waals surface area contributed by atoms with E-state index >= 15 is 0 Å². The molecule has 1 N–H and O–H groups in total. The number of carbonyl (C=O) groups excluding carboxylic acids is 2. The van der Waals surface area contributed by atoms with Gasteiger partial charge >= 0.3 is 0 Å². The maximum atomic E-state index is 12.1. The minimum absolute atomic E-state index is 0.0306. The highest BCUT2D eigenvalue weighted by Crippen LogP contribution is 2.07. The van der Waals surface area contributed by atoms with Gasteiger partial charge in [0, 0.05) is 25.3 Å². The van der Waals surface area contributed by atoms with Gasteiger partial charge in [0.1, 0.15) is 6.04 Å². The number of hydrogen-bond donors (Lipinski definition) is 1. The minimum atomic E-state index is -3.10. The molecule has 7 heteroatoms. The summed E-state index contributed by atoms with van der Waals surface area (Å²) in [5.41, 5.74) is 0. The number of amides is 2. The van der Waals surface area contributed by atoms with Crippen molar-refractivity contribution in [1.82, 2.24) is 10.2 Å². The van der Waals surface area contributed by atoms with E-state index < -0.39 is 15.9 Å². The highest BCUT2D eigenvalue weighted by atomic mass is 32.2. The molecule has 0 bridgehead atoms. The van der Waals surface area contributed by atoms with Gasteiger partial charge in [0.15, 0.2) is 9.84 Å². The molecule has 1 rings (SSSR count). The molecule has 0 aromatic carbocycles. The zero-order valence-electron chi connectivity index (χ0n) is 11.5. The first-order valence-electron chi connectivity index (χ1n) is 6.68. The molecule has 110 valence electrons. The monoisotopic (exact) mass is 290 g/mol. The van der Waals surface area contributed by atoms with Crippen molar-refractivity contribution in [1.29, 1.82) is 0 Å². The van der Waals surface area contributed by atoms with Gasteiger partial charge in [0.25, 0.3) is 0 Å². The number of hydrogen-bond acceptors (Lipinski definition) is 4. The van der Waals surface area contributed by atoms with Crippen LogP contribution in [-0.4, -0.2) is 55.8 Å². The molecular weight excluding hydrogens is 268 g/mol. The number of carbonyl (C=O) groups is 2. The summed E-state index contributed by atoms with van der Waals surface area (Å²) in [7, 11) is -3.10. The lowest BCUT2D eigenvalue weighted by atomic mass is 10.2. The molecule has 1 fully saturated rings. The number of rotatable bonds is 6. The van der Waals surface area contributed by atoms with Crippen LogP contribution in [0.1, 0.15) is 33.1 Å². The third kappa shape index (κ3) is 4.81. The number of nitrogens with zero attached hydrogens (tertiary/aromatic N) is 1. The minimum Gasteiger partial charge on any atom is -0.344 e. The molecule has 0 aromatic rings. The van der Waals surface area contributed by atoms with Gasteiger partial charge in [0.05, 0.1) is 5.75 Å². The van der Waals surface area contributed by atoms with E-state index in [9.17, 15) is 18.0 Å². The molecule has 1 aliphatic rings. The van der Waals surface area contributed by atoms with E-state index in [1.165, 1.54) is 4.90 Å². The van der Waals surface area contributed by atoms with Crippen molar-refractivity contribution in [2.24, 2.45) is 0 Å². The zero-order valence-corrected chi connectivity index (χ0v) is 12.3. The lowest BCUT2D eigenvalue weighted by Crippen LogP contribution is -2.45. The van der Waals surface area contributed by atoms with Gasteiger partial charge < -0.3 is 10.2 Å². The van der Waals surface area contributed by atoms with Crippen LogP contribution in [-0.2, 0) is 19.4 Å². The maximum absolute atomic E-state index is 12.1. The van der Waals surface area contributed by atoms with Crippen molar-refractivity contribution >= 4 is 21.7 Å². The predicted octanol–water partition coefficient (Wildman–Crippen LogP) is -0.0617. The summed E-state index contributed by atoms with van der Waals surface area (Å²) >= 11 is 0. The molecule has 0 aromatic heterocycles. The molecule has 1 unspecified atom stereocenters. The van der Waals surface area contributed by atoms with Crippen LogP contribution in [0.5, 0.6) is 0 Å². The van der Waals surface area contributed by atoms with E-state index in [0.717, 1.165) is 0 Å². The SMILES string of the molecule is CCCS(=O)(=O)CCN1CCC(=O)NC(CC)C1=O. The Morgan fingerprint density at radius 2 is 1.95 bits per heavy atom. The van der Waals surface area contributed by atoms with Crippen molar-refractivity contribution in [3.05, 3.63) is 0 Å². The Morgan fingerprint density at radius 3 is 2.53 bits per heavy atom. The zero-order chi connectivity index (χ0) is 14.5. The summed E-state index contributed by atoms with van der Waals surface area (Å²) in [5.74, 6) is -0.222. The fraction of sp³-hybridized carbons (Fsp3) is 0.833. The molecule has 6 nitrogen and oxygen atoms in total. The standard InChI is InChI=1S/C12H22N2O4S/c1-3-8-19(17,18)9-7-14-6-5-11(15)13-10(4-2)12(14)16/h10H,3-9H2,1-2H3,(H,13,15). The van der Waals surface area contributed by atoms with Gasteiger partial charge in [0.2, 0.25) is 11.8 Å². The van der Waals surface area contributed by atoms with E-state index in [-0.39, 0.29) is 36.3 Å². The topological polar surface area (TPSA) is 83.6 Å². The molecule has 1 heterocycles. The quantitative estimate of drug-likeness (QED) is 0.743. The van der Waals surface area contributed by atoms with Crippen LogP contribution in [0, 0.1) is 0 Å². The molecule has 1 atom stereocenters. The van der Waals surface area contributed by atoms with Gasteiger partial charge in [-0.25, -0.2) is 8.42 Å². The van der Waals surface area contributed by atoms with Crippen molar-refractivity contribution in [2.45, 2.75) is 39.2 Å². The van der Waals surface area contributed by atoms with Crippen molar-refractivity contribution < 1.29 is 18.0 Å². The Balaban J connectivity index is 2.66. The summed E-state index contributed by atoms with van der Waals surface area (Å²) in [6.07, 6.45) is 1.33. The highest BCUT2D eigenvalue weighted by Gasteiger charge is 2.28. The Morgan fingerprint density at radius 1 is 1.26 bits per heavy atom. The molecule has 0 aliphatic carbocycles. The van der Waals surface area contributed by atoms with Gasteiger partial charge in [-0.3, -0.25) is 9.59 Å². The van der Waals surface area contributed by atoms with E-state index in [1.54, 1.807) is 0 Å². The van der Waals surface area contributed by atoms with Crippen LogP contribution in [0.25, 0.3) is 0 Å². The van der Waals surface area contributed by atoms with Crippen LogP contribution in [0.2, 0.25) is 0 Å². The second-order valence-electron chi connectivity index (χ2n) is 4.76. The average Bonchev–Trinajstić information content (AvgIpc) is 2.47. The molecule has 0 spiro atoms. The molecule has 0 saturated carbocycles. The fourth-order valence-corrected chi connectivity index (χ4v) is 3.38. The summed E-state index contributed by atoms with van der Waals surface area (Å²) in [6, 6.07) is -0.524. The van der Waals surface area contributed by atoms with E-state index in [1.807, 2.05) is 13.8 Å². The van der Waals surface area contributed by atoms with Crippen LogP contribution >= 0.6 is 0 Å². The predicted molar refractivity (Wildman–Crippen MR) is 72.4 cm³/mol. The van der Waals surface area contributed by atoms with E-state index in [0.29, 0.717) is 19.4 Å². The molecule has 0 radical (unpaired) electrons. The van der Waals surface area contributed by atoms with E-state index in [2.05, 4.69) is 5.32 Å². The molecule has 1 saturated heterocycles. The van der Waals surface area contributed by atoms with Gasteiger partial charge in [-0.1, -0.05) is 13.8 Å². The normalized spacial score (nSPS) is 21.2. The maximum Gasteiger partial charge on any atom is 0.245 e. The van der Waals surface area contributed by atoms with Gasteiger partial charge in [-0.05, 0) is 12.8 Å². The largest absolute Gasteiger partial charge is 0.344 e. The third-order valence-corrected chi connectivity index (χ3v) is 4.98. The third-order valence-electron chi connectivity index (χ3n) is 3.15. The molecule has 1 aliphatic heterocycles. The molecule has 2 amide bonds. The second-order valence-corrected chi connectivity index (χ2v) is 7.06. The average molecular weight is 290 g/mol. The fourth-order valence-electron chi connectivity index (χ4n) is 2.06. The molecule has 19 heavy (non-hydrogen) atoms. The van der Waals surface area contributed by atoms with Crippen molar-refractivity contribution in [3.8, 4) is 0 Å². The van der Waals surface area contributed by atoms with Crippen LogP contribution in [0.15, 0.2) is 0 Å². The smallest absolute Gasteiger partial charge is 0.245 e. The summed E-state index contributed by atoms with van der Waals surface area (Å²) in [6.45, 7) is 4.10. The first-order valence-corrected chi connectivity index (χ1v) is 8.50. The Labute approximate surface area is 114 Å². The van der Waals surface area contributed by atoms with Crippen LogP contribution in [0.4, 0.5) is 0 Å². The van der Waals surface area contributed by atoms with Gasteiger partial charge in [-0.2, -0.15) is 0 Å². The molecular formula is C12H22N2O4S. The van der Waals surface area contributed by atoms with Crippen LogP contribution in [0.3, 0.4) is 0 Å². The number of sulfone groups is 1. The number of nitrogens with one attached hydrogen (secondary N) is 1. The first kappa shape index (κ1) is 15.9. The summed E-state index contributed by atoms with van der Waals surface area (Å²) < 4.78 is 23.3. The Kier molecular flexibility index (Phi) is 5.78. The lowest BCUT2D eigenvalue weighted by molar-refractivity contribution is -0.133. The highest BCUT2D eigenvalue weighted by molar-refractivity contribution is 7.91. The second kappa shape index (κ2) is 6.88. The lowest BCUT2D eigenvalue weighted by Gasteiger charge is -2.23.